The molecule has 1 aromatic carbocycles. The first-order chi connectivity index (χ1) is 13.1. The number of carbonyl (C=O) groups is 3. The number of benzene rings is 1. The molecular formula is C19H20N2O4S2. The van der Waals surface area contributed by atoms with Gasteiger partial charge in [-0.05, 0) is 37.0 Å². The predicted octanol–water partition coefficient (Wildman–Crippen LogP) is 3.17. The minimum Gasteiger partial charge on any atom is -0.458 e. The number of thiazole rings is 1. The molecule has 142 valence electrons. The fraction of sp³-hybridized carbons (Fsp3) is 0.368. The van der Waals surface area contributed by atoms with E-state index in [9.17, 15) is 14.4 Å². The molecule has 0 saturated carbocycles. The monoisotopic (exact) mass is 404 g/mol. The van der Waals surface area contributed by atoms with Gasteiger partial charge < -0.3 is 4.74 Å². The molecule has 0 N–H and O–H groups in total. The summed E-state index contributed by atoms with van der Waals surface area (Å²) < 4.78 is 5.40. The zero-order chi connectivity index (χ0) is 19.4. The Morgan fingerprint density at radius 1 is 1.26 bits per heavy atom. The molecule has 0 bridgehead atoms. The molecule has 1 aliphatic rings. The van der Waals surface area contributed by atoms with Gasteiger partial charge in [-0.3, -0.25) is 14.5 Å². The summed E-state index contributed by atoms with van der Waals surface area (Å²) in [6.45, 7) is 2.05. The summed E-state index contributed by atoms with van der Waals surface area (Å²) in [5.74, 6) is -0.838. The summed E-state index contributed by atoms with van der Waals surface area (Å²) in [5.41, 5.74) is 1.34. The van der Waals surface area contributed by atoms with Crippen LogP contribution in [0.15, 0.2) is 29.6 Å². The van der Waals surface area contributed by atoms with Crippen molar-refractivity contribution in [3.05, 3.63) is 51.5 Å². The van der Waals surface area contributed by atoms with Crippen molar-refractivity contribution in [3.63, 3.8) is 0 Å². The van der Waals surface area contributed by atoms with Gasteiger partial charge in [0.1, 0.15) is 12.6 Å². The fourth-order valence-corrected chi connectivity index (χ4v) is 4.08. The number of amides is 2. The van der Waals surface area contributed by atoms with Crippen molar-refractivity contribution in [3.8, 4) is 0 Å². The molecule has 0 radical (unpaired) electrons. The van der Waals surface area contributed by atoms with Gasteiger partial charge >= 0.3 is 5.97 Å². The Labute approximate surface area is 165 Å². The van der Waals surface area contributed by atoms with E-state index in [2.05, 4.69) is 4.98 Å². The Morgan fingerprint density at radius 2 is 1.93 bits per heavy atom. The molecular weight excluding hydrogens is 384 g/mol. The number of hydrogen-bond acceptors (Lipinski definition) is 7. The first kappa shape index (κ1) is 19.6. The van der Waals surface area contributed by atoms with Crippen LogP contribution in [0.2, 0.25) is 0 Å². The van der Waals surface area contributed by atoms with Crippen LogP contribution in [-0.4, -0.2) is 45.7 Å². The van der Waals surface area contributed by atoms with Crippen molar-refractivity contribution in [2.75, 3.05) is 12.0 Å². The lowest BCUT2D eigenvalue weighted by molar-refractivity contribution is -0.149. The van der Waals surface area contributed by atoms with Gasteiger partial charge in [-0.15, -0.1) is 11.3 Å². The van der Waals surface area contributed by atoms with Crippen LogP contribution in [0.3, 0.4) is 0 Å². The molecule has 27 heavy (non-hydrogen) atoms. The van der Waals surface area contributed by atoms with Gasteiger partial charge in [0.05, 0.1) is 21.8 Å². The van der Waals surface area contributed by atoms with Crippen molar-refractivity contribution in [2.45, 2.75) is 32.4 Å². The van der Waals surface area contributed by atoms with Crippen molar-refractivity contribution >= 4 is 40.9 Å². The van der Waals surface area contributed by atoms with E-state index in [-0.39, 0.29) is 6.61 Å². The van der Waals surface area contributed by atoms with E-state index in [1.807, 2.05) is 18.6 Å². The first-order valence-corrected chi connectivity index (χ1v) is 10.9. The molecule has 1 aromatic heterocycles. The van der Waals surface area contributed by atoms with Gasteiger partial charge in [0, 0.05) is 5.38 Å². The molecule has 0 saturated heterocycles. The Morgan fingerprint density at radius 3 is 2.48 bits per heavy atom. The molecule has 3 rings (SSSR count). The Hall–Kier alpha value is -2.19. The van der Waals surface area contributed by atoms with Crippen LogP contribution < -0.4 is 0 Å². The zero-order valence-electron chi connectivity index (χ0n) is 15.1. The maximum absolute atomic E-state index is 12.7. The maximum Gasteiger partial charge on any atom is 0.329 e. The van der Waals surface area contributed by atoms with Gasteiger partial charge in [-0.2, -0.15) is 11.8 Å². The standard InChI is InChI=1S/C19H20N2O4S2/c1-3-16-20-12(11-27-16)10-25-19(24)15(8-9-26-2)21-17(22)13-6-4-5-7-14(13)18(21)23/h4-7,11,15H,3,8-10H2,1-2H3. The average molecular weight is 405 g/mol. The number of carbonyl (C=O) groups excluding carboxylic acids is 3. The second-order valence-electron chi connectivity index (χ2n) is 6.02. The number of hydrogen-bond donors (Lipinski definition) is 0. The molecule has 0 fully saturated rings. The normalized spacial score (nSPS) is 14.4. The summed E-state index contributed by atoms with van der Waals surface area (Å²) in [6, 6.07) is 5.68. The molecule has 0 aliphatic carbocycles. The topological polar surface area (TPSA) is 76.6 Å². The van der Waals surface area contributed by atoms with E-state index in [4.69, 9.17) is 4.74 Å². The summed E-state index contributed by atoms with van der Waals surface area (Å²) in [6.07, 6.45) is 3.08. The molecule has 2 heterocycles. The van der Waals surface area contributed by atoms with Crippen LogP contribution in [0, 0.1) is 0 Å². The number of imide groups is 1. The van der Waals surface area contributed by atoms with E-state index in [1.165, 1.54) is 11.3 Å². The lowest BCUT2D eigenvalue weighted by Crippen LogP contribution is -2.46. The Balaban J connectivity index is 1.76. The van der Waals surface area contributed by atoms with Crippen molar-refractivity contribution in [1.82, 2.24) is 9.88 Å². The SMILES string of the molecule is CCc1nc(COC(=O)C(CCSC)N2C(=O)c3ccccc3C2=O)cs1. The largest absolute Gasteiger partial charge is 0.458 e. The number of fused-ring (bicyclic) bond motifs is 1. The van der Waals surface area contributed by atoms with E-state index >= 15 is 0 Å². The Bertz CT molecular complexity index is 830. The van der Waals surface area contributed by atoms with Gasteiger partial charge in [0.25, 0.3) is 11.8 Å². The third-order valence-corrected chi connectivity index (χ3v) is 5.95. The molecule has 2 amide bonds. The summed E-state index contributed by atoms with van der Waals surface area (Å²) in [4.78, 5) is 43.6. The number of esters is 1. The highest BCUT2D eigenvalue weighted by Gasteiger charge is 2.43. The highest BCUT2D eigenvalue weighted by atomic mass is 32.2. The average Bonchev–Trinajstić information content (AvgIpc) is 3.25. The smallest absolute Gasteiger partial charge is 0.329 e. The van der Waals surface area contributed by atoms with Gasteiger partial charge in [-0.25, -0.2) is 9.78 Å². The number of rotatable bonds is 8. The second-order valence-corrected chi connectivity index (χ2v) is 7.95. The fourth-order valence-electron chi connectivity index (χ4n) is 2.89. The molecule has 1 atom stereocenters. The van der Waals surface area contributed by atoms with Crippen LogP contribution in [0.4, 0.5) is 0 Å². The van der Waals surface area contributed by atoms with E-state index in [1.54, 1.807) is 36.0 Å². The minimum absolute atomic E-state index is 0.0360. The van der Waals surface area contributed by atoms with Gasteiger partial charge in [0.2, 0.25) is 0 Å². The maximum atomic E-state index is 12.7. The van der Waals surface area contributed by atoms with Crippen molar-refractivity contribution in [2.24, 2.45) is 0 Å². The van der Waals surface area contributed by atoms with Crippen LogP contribution in [-0.2, 0) is 22.6 Å². The number of thioether (sulfide) groups is 1. The van der Waals surface area contributed by atoms with Crippen LogP contribution >= 0.6 is 23.1 Å². The first-order valence-electron chi connectivity index (χ1n) is 8.62. The van der Waals surface area contributed by atoms with E-state index < -0.39 is 23.8 Å². The van der Waals surface area contributed by atoms with Gasteiger partial charge in [-0.1, -0.05) is 19.1 Å². The van der Waals surface area contributed by atoms with Crippen LogP contribution in [0.25, 0.3) is 0 Å². The molecule has 2 aromatic rings. The lowest BCUT2D eigenvalue weighted by atomic mass is 10.1. The lowest BCUT2D eigenvalue weighted by Gasteiger charge is -2.24. The van der Waals surface area contributed by atoms with Crippen molar-refractivity contribution < 1.29 is 19.1 Å². The number of aryl methyl sites for hydroxylation is 1. The number of aromatic nitrogens is 1. The molecule has 8 heteroatoms. The second kappa shape index (κ2) is 8.67. The summed E-state index contributed by atoms with van der Waals surface area (Å²) in [7, 11) is 0. The quantitative estimate of drug-likeness (QED) is 0.497. The van der Waals surface area contributed by atoms with Gasteiger partial charge in [0.15, 0.2) is 0 Å². The number of ether oxygens (including phenoxy) is 1. The van der Waals surface area contributed by atoms with E-state index in [0.717, 1.165) is 16.3 Å². The zero-order valence-corrected chi connectivity index (χ0v) is 16.8. The van der Waals surface area contributed by atoms with Crippen LogP contribution in [0.5, 0.6) is 0 Å². The third-order valence-electron chi connectivity index (χ3n) is 4.27. The molecule has 0 spiro atoms. The molecule has 1 unspecified atom stereocenters. The minimum atomic E-state index is -0.936. The highest BCUT2D eigenvalue weighted by molar-refractivity contribution is 7.98. The number of nitrogens with zero attached hydrogens (tertiary/aromatic N) is 2. The Kier molecular flexibility index (Phi) is 6.28. The van der Waals surface area contributed by atoms with Crippen LogP contribution in [0.1, 0.15) is 44.8 Å². The predicted molar refractivity (Wildman–Crippen MR) is 105 cm³/mol. The highest BCUT2D eigenvalue weighted by Crippen LogP contribution is 2.27. The summed E-state index contributed by atoms with van der Waals surface area (Å²) in [5, 5.41) is 2.82. The van der Waals surface area contributed by atoms with E-state index in [0.29, 0.717) is 29.0 Å². The molecule has 1 aliphatic heterocycles. The van der Waals surface area contributed by atoms with Crippen molar-refractivity contribution in [1.29, 1.82) is 0 Å². The molecule has 6 nitrogen and oxygen atoms in total. The summed E-state index contributed by atoms with van der Waals surface area (Å²) >= 11 is 3.06. The third kappa shape index (κ3) is 4.06.